The van der Waals surface area contributed by atoms with Gasteiger partial charge in [0.05, 0.1) is 59.0 Å². The molecule has 0 aliphatic carbocycles. The van der Waals surface area contributed by atoms with Crippen molar-refractivity contribution >= 4 is 63.9 Å². The van der Waals surface area contributed by atoms with Crippen molar-refractivity contribution in [3.05, 3.63) is 29.8 Å². The highest BCUT2D eigenvalue weighted by Gasteiger charge is 2.24. The molecule has 0 atom stereocenters. The summed E-state index contributed by atoms with van der Waals surface area (Å²) < 4.78 is 11.8. The second kappa shape index (κ2) is 35.2. The standard InChI is InChI=1S/C31H46N6O7.C8H15N3O3.C4H8O.CH5N.CH4/c1-24-4-5-32-29-18-25(2-3-28(24)29)33-30(40)22-37(23-31(41)42)9-7-35-12-16-43-14-10-34(11-15-44-17-13-35)6-8-36-20-26(38)19-27(39)21-36;1-3-8(14)11(6(2)12)5-4-7(13)10-9;1-3-4(2)5;1-2;/h2-4,18,32H,5-17,19-23H2,1H3,(H,33,40)(H,41,42);3-5,9H2,1-2H3,(H,10,13);3H2,1-2H3;2H2,1H3;1H4. The Balaban J connectivity index is 0.00000160. The number of imide groups is 1. The van der Waals surface area contributed by atoms with Crippen LogP contribution >= 0.6 is 0 Å². The van der Waals surface area contributed by atoms with E-state index in [9.17, 15) is 43.5 Å². The highest BCUT2D eigenvalue weighted by atomic mass is 16.5. The SMILES string of the molecule is C.CC1=CCNc2cc(NC(=O)CN(CCN3CCOCCN(CCN4CC(=O)CC(=O)C4)CCOCC3)CC(=O)O)ccc21.CCC(=O)N(CCC(=O)NN)C(C)=O.CCC(C)=O.CN. The van der Waals surface area contributed by atoms with Crippen molar-refractivity contribution in [1.29, 1.82) is 0 Å². The number of amides is 4. The van der Waals surface area contributed by atoms with Gasteiger partial charge in [-0.15, -0.1) is 0 Å². The number of ether oxygens (including phenoxy) is 2. The number of nitrogens with one attached hydrogen (secondary N) is 3. The molecule has 2 saturated heterocycles. The van der Waals surface area contributed by atoms with Crippen molar-refractivity contribution in [3.63, 3.8) is 0 Å². The number of allylic oxidation sites excluding steroid dienone is 1. The van der Waals surface area contributed by atoms with E-state index in [1.54, 1.807) is 18.7 Å². The van der Waals surface area contributed by atoms with E-state index in [4.69, 9.17) is 15.3 Å². The monoisotopic (exact) mass is 935 g/mol. The van der Waals surface area contributed by atoms with E-state index in [-0.39, 0.29) is 81.4 Å². The molecule has 0 aromatic heterocycles. The number of fused-ring (bicyclic) bond motifs is 1. The summed E-state index contributed by atoms with van der Waals surface area (Å²) in [5.74, 6) is 2.77. The quantitative estimate of drug-likeness (QED) is 0.0576. The van der Waals surface area contributed by atoms with Crippen LogP contribution in [0.4, 0.5) is 11.4 Å². The average Bonchev–Trinajstić information content (AvgIpc) is 3.26. The molecule has 2 fully saturated rings. The van der Waals surface area contributed by atoms with Gasteiger partial charge in [0, 0.05) is 109 Å². The normalized spacial score (nSPS) is 15.9. The molecule has 3 aliphatic heterocycles. The number of hydrogen-bond acceptors (Lipinski definition) is 17. The van der Waals surface area contributed by atoms with Gasteiger partial charge in [-0.2, -0.15) is 0 Å². The second-order valence-electron chi connectivity index (χ2n) is 15.3. The summed E-state index contributed by atoms with van der Waals surface area (Å²) in [4.78, 5) is 99.7. The maximum absolute atomic E-state index is 12.9. The van der Waals surface area contributed by atoms with Crippen LogP contribution in [0.2, 0.25) is 0 Å². The van der Waals surface area contributed by atoms with E-state index in [1.807, 2.05) is 35.4 Å². The Hall–Kier alpha value is -5.00. The van der Waals surface area contributed by atoms with Crippen molar-refractivity contribution < 1.29 is 52.9 Å². The molecule has 3 aliphatic rings. The molecule has 1 aromatic rings. The molecule has 0 bridgehead atoms. The Morgan fingerprint density at radius 3 is 1.85 bits per heavy atom. The van der Waals surface area contributed by atoms with Gasteiger partial charge < -0.3 is 35.7 Å². The Bertz CT molecular complexity index is 1700. The fourth-order valence-corrected chi connectivity index (χ4v) is 6.54. The first kappa shape index (κ1) is 61.0. The number of Topliss-reactive ketones (excluding diaryl/α,β-unsaturated/α-hetero) is 3. The lowest BCUT2D eigenvalue weighted by atomic mass is 10.0. The zero-order valence-electron chi connectivity index (χ0n) is 39.3. The number of rotatable bonds is 16. The van der Waals surface area contributed by atoms with Gasteiger partial charge in [-0.3, -0.25) is 63.5 Å². The molecule has 0 saturated carbocycles. The zero-order valence-corrected chi connectivity index (χ0v) is 39.3. The number of carbonyl (C=O) groups is 8. The molecule has 8 N–H and O–H groups in total. The van der Waals surface area contributed by atoms with Crippen LogP contribution < -0.4 is 27.6 Å². The molecular formula is C45H78N10O11. The lowest BCUT2D eigenvalue weighted by Gasteiger charge is -2.30. The number of piperidine rings is 1. The zero-order chi connectivity index (χ0) is 48.7. The number of hydrogen-bond donors (Lipinski definition) is 6. The van der Waals surface area contributed by atoms with Crippen molar-refractivity contribution in [2.45, 2.75) is 67.7 Å². The molecule has 0 unspecified atom stereocenters. The number of benzene rings is 1. The average molecular weight is 935 g/mol. The van der Waals surface area contributed by atoms with Gasteiger partial charge in [0.2, 0.25) is 23.6 Å². The highest BCUT2D eigenvalue weighted by molar-refractivity contribution is 6.03. The minimum Gasteiger partial charge on any atom is -0.480 e. The third-order valence-electron chi connectivity index (χ3n) is 10.2. The molecule has 1 aromatic carbocycles. The molecule has 0 radical (unpaired) electrons. The first-order chi connectivity index (χ1) is 31.0. The Morgan fingerprint density at radius 2 is 1.35 bits per heavy atom. The summed E-state index contributed by atoms with van der Waals surface area (Å²) in [5, 5.41) is 15.7. The first-order valence-corrected chi connectivity index (χ1v) is 22.1. The molecule has 66 heavy (non-hydrogen) atoms. The summed E-state index contributed by atoms with van der Waals surface area (Å²) in [5.41, 5.74) is 10.3. The molecule has 21 nitrogen and oxygen atoms in total. The molecule has 0 spiro atoms. The van der Waals surface area contributed by atoms with Gasteiger partial charge in [0.15, 0.2) is 11.6 Å². The van der Waals surface area contributed by atoms with Crippen LogP contribution in [0.3, 0.4) is 0 Å². The number of carboxylic acid groups (broad SMARTS) is 1. The van der Waals surface area contributed by atoms with E-state index in [0.717, 1.165) is 42.3 Å². The van der Waals surface area contributed by atoms with Gasteiger partial charge in [-0.1, -0.05) is 33.4 Å². The van der Waals surface area contributed by atoms with E-state index >= 15 is 0 Å². The molecular weight excluding hydrogens is 857 g/mol. The predicted molar refractivity (Wildman–Crippen MR) is 254 cm³/mol. The van der Waals surface area contributed by atoms with Crippen molar-refractivity contribution in [2.24, 2.45) is 11.6 Å². The third kappa shape index (κ3) is 26.2. The first-order valence-electron chi connectivity index (χ1n) is 22.1. The molecule has 4 rings (SSSR count). The molecule has 374 valence electrons. The minimum absolute atomic E-state index is 0. The van der Waals surface area contributed by atoms with Crippen LogP contribution in [-0.2, 0) is 47.8 Å². The number of aliphatic carboxylic acids is 1. The van der Waals surface area contributed by atoms with Gasteiger partial charge in [0.25, 0.3) is 0 Å². The fraction of sp³-hybridized carbons (Fsp3) is 0.644. The maximum Gasteiger partial charge on any atom is 0.317 e. The van der Waals surface area contributed by atoms with E-state index in [2.05, 4.69) is 39.2 Å². The molecule has 21 heteroatoms. The summed E-state index contributed by atoms with van der Waals surface area (Å²) in [6, 6.07) is 5.73. The number of carbonyl (C=O) groups excluding carboxylic acids is 7. The Labute approximate surface area is 390 Å². The maximum atomic E-state index is 12.9. The lowest BCUT2D eigenvalue weighted by Crippen LogP contribution is -2.46. The summed E-state index contributed by atoms with van der Waals surface area (Å²) in [6.07, 6.45) is 3.10. The number of carboxylic acids is 1. The van der Waals surface area contributed by atoms with Crippen molar-refractivity contribution in [3.8, 4) is 0 Å². The van der Waals surface area contributed by atoms with Crippen molar-refractivity contribution in [2.75, 3.05) is 136 Å². The number of ketones is 3. The van der Waals surface area contributed by atoms with Gasteiger partial charge in [0.1, 0.15) is 5.78 Å². The summed E-state index contributed by atoms with van der Waals surface area (Å²) in [7, 11) is 1.50. The van der Waals surface area contributed by atoms with Gasteiger partial charge >= 0.3 is 5.97 Å². The number of hydrazine groups is 1. The van der Waals surface area contributed by atoms with E-state index < -0.39 is 11.9 Å². The molecule has 4 amide bonds. The number of likely N-dealkylation sites (tertiary alicyclic amines) is 1. The summed E-state index contributed by atoms with van der Waals surface area (Å²) in [6.45, 7) is 16.9. The van der Waals surface area contributed by atoms with Crippen LogP contribution in [0.25, 0.3) is 5.57 Å². The number of nitrogens with two attached hydrogens (primary N) is 2. The highest BCUT2D eigenvalue weighted by Crippen LogP contribution is 2.29. The minimum atomic E-state index is -0.985. The predicted octanol–water partition coefficient (Wildman–Crippen LogP) is 0.683. The third-order valence-corrected chi connectivity index (χ3v) is 10.2. The van der Waals surface area contributed by atoms with E-state index in [1.165, 1.54) is 19.5 Å². The number of anilines is 2. The van der Waals surface area contributed by atoms with Gasteiger partial charge in [-0.05, 0) is 38.6 Å². The Kier molecular flexibility index (Phi) is 32.6. The molecule has 3 heterocycles. The topological polar surface area (TPSA) is 280 Å². The van der Waals surface area contributed by atoms with Gasteiger partial charge in [-0.25, -0.2) is 5.84 Å². The smallest absolute Gasteiger partial charge is 0.317 e. The van der Waals surface area contributed by atoms with Crippen LogP contribution in [0.15, 0.2) is 24.3 Å². The second-order valence-corrected chi connectivity index (χ2v) is 15.3. The fourth-order valence-electron chi connectivity index (χ4n) is 6.54. The van der Waals surface area contributed by atoms with E-state index in [0.29, 0.717) is 84.3 Å². The largest absolute Gasteiger partial charge is 0.480 e. The van der Waals surface area contributed by atoms with Crippen LogP contribution in [0.1, 0.15) is 73.3 Å². The van der Waals surface area contributed by atoms with Crippen molar-refractivity contribution in [1.82, 2.24) is 29.9 Å². The van der Waals surface area contributed by atoms with Crippen LogP contribution in [0.5, 0.6) is 0 Å². The van der Waals surface area contributed by atoms with Crippen LogP contribution in [-0.4, -0.2) is 202 Å². The van der Waals surface area contributed by atoms with Crippen LogP contribution in [0, 0.1) is 0 Å². The number of nitrogens with zero attached hydrogens (tertiary/aromatic N) is 5. The summed E-state index contributed by atoms with van der Waals surface area (Å²) >= 11 is 0. The Morgan fingerprint density at radius 1 is 0.803 bits per heavy atom. The lowest BCUT2D eigenvalue weighted by molar-refractivity contribution is -0.144.